The molecule has 0 amide bonds. The van der Waals surface area contributed by atoms with Crippen molar-refractivity contribution in [2.24, 2.45) is 5.73 Å². The first kappa shape index (κ1) is 41.2. The predicted octanol–water partition coefficient (Wildman–Crippen LogP) is 9.19. The van der Waals surface area contributed by atoms with Crippen LogP contribution in [-0.4, -0.2) is 49.9 Å². The summed E-state index contributed by atoms with van der Waals surface area (Å²) in [7, 11) is -4.26. The lowest BCUT2D eigenvalue weighted by atomic mass is 10.0. The van der Waals surface area contributed by atoms with Crippen LogP contribution in [0.3, 0.4) is 0 Å². The molecule has 42 heavy (non-hydrogen) atoms. The zero-order chi connectivity index (χ0) is 31.0. The lowest BCUT2D eigenvalue weighted by molar-refractivity contribution is -0.154. The van der Waals surface area contributed by atoms with Gasteiger partial charge in [0.05, 0.1) is 19.8 Å². The summed E-state index contributed by atoms with van der Waals surface area (Å²) in [6, 6.07) is 0. The Hall–Kier alpha value is -0.760. The summed E-state index contributed by atoms with van der Waals surface area (Å²) in [4.78, 5) is 22.2. The van der Waals surface area contributed by atoms with Gasteiger partial charge < -0.3 is 20.1 Å². The van der Waals surface area contributed by atoms with E-state index in [0.717, 1.165) is 51.4 Å². The van der Waals surface area contributed by atoms with Gasteiger partial charge in [-0.2, -0.15) is 0 Å². The molecule has 0 saturated heterocycles. The molecular weight excluding hydrogens is 553 g/mol. The van der Waals surface area contributed by atoms with E-state index in [1.165, 1.54) is 83.5 Å². The summed E-state index contributed by atoms with van der Waals surface area (Å²) in [6.45, 7) is 4.85. The number of allylic oxidation sites excluding steroid dienone is 2. The first-order valence-electron chi connectivity index (χ1n) is 17.2. The molecule has 0 bridgehead atoms. The molecule has 0 aliphatic heterocycles. The fourth-order valence-corrected chi connectivity index (χ4v) is 5.41. The molecule has 0 aromatic heterocycles. The van der Waals surface area contributed by atoms with E-state index >= 15 is 0 Å². The van der Waals surface area contributed by atoms with Crippen LogP contribution < -0.4 is 5.73 Å². The van der Waals surface area contributed by atoms with Gasteiger partial charge in [-0.1, -0.05) is 129 Å². The summed E-state index contributed by atoms with van der Waals surface area (Å²) >= 11 is 0. The Labute approximate surface area is 258 Å². The Bertz CT molecular complexity index is 662. The molecule has 0 saturated carbocycles. The second kappa shape index (κ2) is 31.7. The van der Waals surface area contributed by atoms with Crippen LogP contribution in [0.25, 0.3) is 0 Å². The molecule has 3 N–H and O–H groups in total. The Morgan fingerprint density at radius 3 is 1.83 bits per heavy atom. The SMILES string of the molecule is CCC/C=C\CCCCCCCC(=O)OC(COCCCCCCCCCCCCCCC)COP(=O)(O)OCCN. The number of phosphoric acid groups is 1. The average molecular weight is 620 g/mol. The number of carbonyl (C=O) groups excluding carboxylic acids is 1. The first-order chi connectivity index (χ1) is 20.4. The molecular formula is C33H66NO7P. The van der Waals surface area contributed by atoms with Crippen LogP contribution in [0.15, 0.2) is 12.2 Å². The highest BCUT2D eigenvalue weighted by atomic mass is 31.2. The second-order valence-corrected chi connectivity index (χ2v) is 12.8. The quantitative estimate of drug-likeness (QED) is 0.0323. The number of ether oxygens (including phenoxy) is 2. The maximum Gasteiger partial charge on any atom is 0.472 e. The summed E-state index contributed by atoms with van der Waals surface area (Å²) in [6.07, 6.45) is 29.4. The van der Waals surface area contributed by atoms with Crippen molar-refractivity contribution in [1.29, 1.82) is 0 Å². The third-order valence-electron chi connectivity index (χ3n) is 7.16. The second-order valence-electron chi connectivity index (χ2n) is 11.4. The fraction of sp³-hybridized carbons (Fsp3) is 0.909. The van der Waals surface area contributed by atoms with Gasteiger partial charge in [0.1, 0.15) is 6.10 Å². The van der Waals surface area contributed by atoms with E-state index in [9.17, 15) is 14.3 Å². The van der Waals surface area contributed by atoms with Crippen molar-refractivity contribution in [1.82, 2.24) is 0 Å². The molecule has 2 atom stereocenters. The van der Waals surface area contributed by atoms with Gasteiger partial charge in [0, 0.05) is 19.6 Å². The Balaban J connectivity index is 4.11. The zero-order valence-corrected chi connectivity index (χ0v) is 28.1. The topological polar surface area (TPSA) is 117 Å². The minimum absolute atomic E-state index is 0.0944. The van der Waals surface area contributed by atoms with Gasteiger partial charge in [0.15, 0.2) is 0 Å². The molecule has 0 fully saturated rings. The molecule has 250 valence electrons. The molecule has 0 aliphatic rings. The minimum atomic E-state index is -4.26. The van der Waals surface area contributed by atoms with Crippen LogP contribution >= 0.6 is 7.82 Å². The summed E-state index contributed by atoms with van der Waals surface area (Å²) in [5.74, 6) is -0.341. The molecule has 0 aromatic carbocycles. The van der Waals surface area contributed by atoms with Crippen molar-refractivity contribution < 1.29 is 32.8 Å². The number of esters is 1. The normalized spacial score (nSPS) is 13.9. The number of hydrogen-bond donors (Lipinski definition) is 2. The predicted molar refractivity (Wildman–Crippen MR) is 174 cm³/mol. The van der Waals surface area contributed by atoms with Crippen molar-refractivity contribution >= 4 is 13.8 Å². The Kier molecular flexibility index (Phi) is 31.1. The van der Waals surface area contributed by atoms with E-state index in [0.29, 0.717) is 13.0 Å². The molecule has 0 spiro atoms. The van der Waals surface area contributed by atoms with E-state index < -0.39 is 13.9 Å². The van der Waals surface area contributed by atoms with Crippen molar-refractivity contribution in [3.05, 3.63) is 12.2 Å². The van der Waals surface area contributed by atoms with Gasteiger partial charge in [-0.15, -0.1) is 0 Å². The van der Waals surface area contributed by atoms with Gasteiger partial charge in [-0.3, -0.25) is 13.8 Å². The van der Waals surface area contributed by atoms with Crippen molar-refractivity contribution in [3.8, 4) is 0 Å². The smallest absolute Gasteiger partial charge is 0.457 e. The standard InChI is InChI=1S/C33H66NO7P/c1-3-5-7-9-11-13-15-16-17-19-21-23-25-28-38-30-32(31-40-42(36,37)39-29-27-34)41-33(35)26-24-22-20-18-14-12-10-8-6-4-2/h8,10,32H,3-7,9,11-31,34H2,1-2H3,(H,36,37)/b10-8-. The minimum Gasteiger partial charge on any atom is -0.457 e. The number of hydrogen-bond acceptors (Lipinski definition) is 7. The van der Waals surface area contributed by atoms with Gasteiger partial charge in [0.2, 0.25) is 0 Å². The molecule has 0 rings (SSSR count). The van der Waals surface area contributed by atoms with Crippen molar-refractivity contribution in [2.75, 3.05) is 33.0 Å². The summed E-state index contributed by atoms with van der Waals surface area (Å²) in [5, 5.41) is 0. The Morgan fingerprint density at radius 2 is 1.24 bits per heavy atom. The molecule has 0 heterocycles. The molecule has 0 aliphatic carbocycles. The summed E-state index contributed by atoms with van der Waals surface area (Å²) < 4.78 is 33.1. The molecule has 8 nitrogen and oxygen atoms in total. The lowest BCUT2D eigenvalue weighted by Crippen LogP contribution is -2.28. The van der Waals surface area contributed by atoms with Crippen molar-refractivity contribution in [3.63, 3.8) is 0 Å². The van der Waals surface area contributed by atoms with E-state index in [1.54, 1.807) is 0 Å². The maximum absolute atomic E-state index is 12.4. The molecule has 9 heteroatoms. The highest BCUT2D eigenvalue weighted by molar-refractivity contribution is 7.47. The van der Waals surface area contributed by atoms with E-state index in [-0.39, 0.29) is 32.3 Å². The summed E-state index contributed by atoms with van der Waals surface area (Å²) in [5.41, 5.74) is 5.33. The first-order valence-corrected chi connectivity index (χ1v) is 18.7. The van der Waals surface area contributed by atoms with E-state index in [1.807, 2.05) is 0 Å². The average Bonchev–Trinajstić information content (AvgIpc) is 2.97. The number of carbonyl (C=O) groups is 1. The van der Waals surface area contributed by atoms with Crippen LogP contribution in [0.1, 0.15) is 155 Å². The zero-order valence-electron chi connectivity index (χ0n) is 27.2. The lowest BCUT2D eigenvalue weighted by Gasteiger charge is -2.20. The van der Waals surface area contributed by atoms with Gasteiger partial charge in [0.25, 0.3) is 0 Å². The van der Waals surface area contributed by atoms with Crippen LogP contribution in [-0.2, 0) is 27.9 Å². The number of phosphoric ester groups is 1. The van der Waals surface area contributed by atoms with Gasteiger partial charge in [-0.25, -0.2) is 4.57 Å². The molecule has 0 aromatic rings. The van der Waals surface area contributed by atoms with Crippen molar-refractivity contribution in [2.45, 2.75) is 161 Å². The van der Waals surface area contributed by atoms with E-state index in [2.05, 4.69) is 26.0 Å². The van der Waals surface area contributed by atoms with Crippen LogP contribution in [0, 0.1) is 0 Å². The highest BCUT2D eigenvalue weighted by Crippen LogP contribution is 2.43. The van der Waals surface area contributed by atoms with Gasteiger partial charge in [-0.05, 0) is 32.1 Å². The van der Waals surface area contributed by atoms with Gasteiger partial charge >= 0.3 is 13.8 Å². The third-order valence-corrected chi connectivity index (χ3v) is 8.15. The van der Waals surface area contributed by atoms with Crippen LogP contribution in [0.2, 0.25) is 0 Å². The number of unbranched alkanes of at least 4 members (excludes halogenated alkanes) is 18. The number of nitrogens with two attached hydrogens (primary N) is 1. The third kappa shape index (κ3) is 30.7. The molecule has 2 unspecified atom stereocenters. The monoisotopic (exact) mass is 619 g/mol. The van der Waals surface area contributed by atoms with Crippen LogP contribution in [0.4, 0.5) is 0 Å². The van der Waals surface area contributed by atoms with Crippen LogP contribution in [0.5, 0.6) is 0 Å². The maximum atomic E-state index is 12.4. The fourth-order valence-electron chi connectivity index (χ4n) is 4.64. The highest BCUT2D eigenvalue weighted by Gasteiger charge is 2.25. The molecule has 0 radical (unpaired) electrons. The largest absolute Gasteiger partial charge is 0.472 e. The number of rotatable bonds is 33. The van der Waals surface area contributed by atoms with E-state index in [4.69, 9.17) is 24.3 Å². The Morgan fingerprint density at radius 1 is 0.690 bits per heavy atom.